The molecule has 0 fully saturated rings. The standard InChI is InChI=1S/C16H15ClN4O.C14H14N4.C2H2Cl2O.CH4/c17-10-15(22)21-8-4-12(5-9-21)14-3-2-13(11-20-14)16-18-6-1-7-19-16;1-6-16-14(17-7-1)12-2-3-13(18-10-12)11-4-8-15-9-5-11;3-1-2(4)5;/h1-4,6-7,11H,5,8-10H2;1-4,6-7,10,15H,5,8-9H2;1H2;1H4. The van der Waals surface area contributed by atoms with Gasteiger partial charge in [0.05, 0.1) is 17.3 Å². The second-order valence-electron chi connectivity index (χ2n) is 9.63. The summed E-state index contributed by atoms with van der Waals surface area (Å²) >= 11 is 15.1. The van der Waals surface area contributed by atoms with Crippen LogP contribution in [0, 0.1) is 0 Å². The van der Waals surface area contributed by atoms with E-state index in [1.165, 1.54) is 5.57 Å². The number of rotatable bonds is 6. The Bertz CT molecular complexity index is 1590. The van der Waals surface area contributed by atoms with Crippen LogP contribution in [-0.2, 0) is 9.59 Å². The van der Waals surface area contributed by atoms with E-state index in [1.807, 2.05) is 42.6 Å². The fourth-order valence-electron chi connectivity index (χ4n) is 4.40. The quantitative estimate of drug-likeness (QED) is 0.195. The van der Waals surface area contributed by atoms with Crippen molar-refractivity contribution in [3.05, 3.63) is 97.1 Å². The normalized spacial score (nSPS) is 13.8. The molecular formula is C33H35Cl3N8O2. The van der Waals surface area contributed by atoms with Gasteiger partial charge >= 0.3 is 0 Å². The lowest BCUT2D eigenvalue weighted by atomic mass is 10.0. The molecule has 0 unspecified atom stereocenters. The van der Waals surface area contributed by atoms with Crippen molar-refractivity contribution in [3.63, 3.8) is 0 Å². The Labute approximate surface area is 284 Å². The number of carbonyl (C=O) groups excluding carboxylic acids is 2. The summed E-state index contributed by atoms with van der Waals surface area (Å²) in [6.07, 6.45) is 16.6. The minimum atomic E-state index is -0.508. The van der Waals surface area contributed by atoms with Gasteiger partial charge in [0, 0.05) is 67.9 Å². The molecule has 0 saturated heterocycles. The number of hydrogen-bond acceptors (Lipinski definition) is 9. The highest BCUT2D eigenvalue weighted by molar-refractivity contribution is 6.67. The summed E-state index contributed by atoms with van der Waals surface area (Å²) in [4.78, 5) is 48.6. The van der Waals surface area contributed by atoms with E-state index in [1.54, 1.807) is 42.0 Å². The first-order chi connectivity index (χ1) is 22.0. The first-order valence-corrected chi connectivity index (χ1v) is 15.6. The highest BCUT2D eigenvalue weighted by atomic mass is 35.5. The topological polar surface area (TPSA) is 127 Å². The zero-order valence-electron chi connectivity index (χ0n) is 24.3. The van der Waals surface area contributed by atoms with Crippen LogP contribution in [-0.4, -0.2) is 83.9 Å². The van der Waals surface area contributed by atoms with Crippen LogP contribution >= 0.6 is 34.8 Å². The lowest BCUT2D eigenvalue weighted by Gasteiger charge is -2.25. The maximum atomic E-state index is 11.5. The Balaban J connectivity index is 0.000000217. The minimum Gasteiger partial charge on any atom is -0.338 e. The minimum absolute atomic E-state index is 0. The van der Waals surface area contributed by atoms with Crippen LogP contribution in [0.3, 0.4) is 0 Å². The third-order valence-corrected chi connectivity index (χ3v) is 7.42. The number of pyridine rings is 2. The summed E-state index contributed by atoms with van der Waals surface area (Å²) in [7, 11) is 0. The van der Waals surface area contributed by atoms with Crippen molar-refractivity contribution in [1.29, 1.82) is 0 Å². The monoisotopic (exact) mass is 680 g/mol. The molecule has 240 valence electrons. The number of alkyl halides is 2. The largest absolute Gasteiger partial charge is 0.338 e. The Morgan fingerprint density at radius 2 is 1.26 bits per heavy atom. The maximum Gasteiger partial charge on any atom is 0.237 e. The van der Waals surface area contributed by atoms with Crippen molar-refractivity contribution in [2.75, 3.05) is 37.9 Å². The van der Waals surface area contributed by atoms with Gasteiger partial charge in [-0.3, -0.25) is 19.6 Å². The second kappa shape index (κ2) is 19.4. The molecule has 2 aliphatic heterocycles. The van der Waals surface area contributed by atoms with Crippen LogP contribution in [0.1, 0.15) is 31.7 Å². The molecule has 0 aromatic carbocycles. The number of carbonyl (C=O) groups is 2. The van der Waals surface area contributed by atoms with E-state index in [0.717, 1.165) is 59.8 Å². The smallest absolute Gasteiger partial charge is 0.237 e. The molecule has 0 spiro atoms. The summed E-state index contributed by atoms with van der Waals surface area (Å²) in [5.41, 5.74) is 6.29. The fourth-order valence-corrected chi connectivity index (χ4v) is 4.57. The van der Waals surface area contributed by atoms with Crippen LogP contribution in [0.4, 0.5) is 0 Å². The average Bonchev–Trinajstić information content (AvgIpc) is 3.13. The first kappa shape index (κ1) is 36.4. The number of hydrogen-bond donors (Lipinski definition) is 1. The molecule has 6 heterocycles. The van der Waals surface area contributed by atoms with Crippen LogP contribution in [0.2, 0.25) is 0 Å². The number of aromatic nitrogens is 6. The van der Waals surface area contributed by atoms with Crippen molar-refractivity contribution < 1.29 is 9.59 Å². The molecule has 46 heavy (non-hydrogen) atoms. The molecular weight excluding hydrogens is 647 g/mol. The van der Waals surface area contributed by atoms with Gasteiger partial charge in [-0.15, -0.1) is 23.2 Å². The van der Waals surface area contributed by atoms with Gasteiger partial charge in [0.1, 0.15) is 5.88 Å². The van der Waals surface area contributed by atoms with E-state index in [9.17, 15) is 9.59 Å². The summed E-state index contributed by atoms with van der Waals surface area (Å²) < 4.78 is 0. The third kappa shape index (κ3) is 11.1. The fraction of sp³-hybridized carbons (Fsp3) is 0.273. The highest BCUT2D eigenvalue weighted by Gasteiger charge is 2.17. The summed E-state index contributed by atoms with van der Waals surface area (Å²) in [5, 5.41) is 2.79. The number of nitrogens with zero attached hydrogens (tertiary/aromatic N) is 7. The van der Waals surface area contributed by atoms with Crippen LogP contribution in [0.5, 0.6) is 0 Å². The molecule has 10 nitrogen and oxygen atoms in total. The van der Waals surface area contributed by atoms with Gasteiger partial charge in [0.25, 0.3) is 0 Å². The molecule has 0 bridgehead atoms. The summed E-state index contributed by atoms with van der Waals surface area (Å²) in [5.74, 6) is 1.30. The zero-order chi connectivity index (χ0) is 31.9. The van der Waals surface area contributed by atoms with Crippen molar-refractivity contribution in [2.45, 2.75) is 20.3 Å². The molecule has 0 aliphatic carbocycles. The summed E-state index contributed by atoms with van der Waals surface area (Å²) in [6, 6.07) is 11.6. The molecule has 4 aromatic rings. The number of halogens is 3. The van der Waals surface area contributed by atoms with Gasteiger partial charge in [-0.2, -0.15) is 0 Å². The lowest BCUT2D eigenvalue weighted by molar-refractivity contribution is -0.128. The van der Waals surface area contributed by atoms with Crippen molar-refractivity contribution >= 4 is 57.1 Å². The average molecular weight is 682 g/mol. The van der Waals surface area contributed by atoms with Crippen LogP contribution in [0.25, 0.3) is 33.9 Å². The molecule has 2 aliphatic rings. The summed E-state index contributed by atoms with van der Waals surface area (Å²) in [6.45, 7) is 3.23. The van der Waals surface area contributed by atoms with E-state index >= 15 is 0 Å². The second-order valence-corrected chi connectivity index (χ2v) is 10.6. The van der Waals surface area contributed by atoms with Crippen molar-refractivity contribution in [3.8, 4) is 22.8 Å². The predicted octanol–water partition coefficient (Wildman–Crippen LogP) is 5.94. The third-order valence-electron chi connectivity index (χ3n) is 6.68. The van der Waals surface area contributed by atoms with E-state index < -0.39 is 5.24 Å². The zero-order valence-corrected chi connectivity index (χ0v) is 26.6. The molecule has 0 radical (unpaired) electrons. The number of amides is 1. The molecule has 1 amide bonds. The van der Waals surface area contributed by atoms with Gasteiger partial charge in [-0.25, -0.2) is 19.9 Å². The molecule has 1 N–H and O–H groups in total. The Morgan fingerprint density at radius 1 is 0.739 bits per heavy atom. The van der Waals surface area contributed by atoms with Gasteiger partial charge in [-0.05, 0) is 78.5 Å². The Kier molecular flexibility index (Phi) is 15.4. The van der Waals surface area contributed by atoms with E-state index in [0.29, 0.717) is 18.9 Å². The molecule has 0 saturated carbocycles. The van der Waals surface area contributed by atoms with Crippen molar-refractivity contribution in [2.24, 2.45) is 0 Å². The van der Waals surface area contributed by atoms with E-state index in [2.05, 4.69) is 41.3 Å². The number of nitrogens with one attached hydrogen (secondary N) is 1. The van der Waals surface area contributed by atoms with Gasteiger partial charge in [-0.1, -0.05) is 19.6 Å². The van der Waals surface area contributed by atoms with E-state index in [-0.39, 0.29) is 25.1 Å². The van der Waals surface area contributed by atoms with Crippen LogP contribution < -0.4 is 5.32 Å². The SMILES string of the molecule is C.C1=C(c2ccc(-c3ncccn3)cn2)CCNC1.O=C(CCl)N1CC=C(c2ccc(-c3ncccn3)cn2)CC1.O=C(Cl)CCl. The van der Waals surface area contributed by atoms with Gasteiger partial charge in [0.2, 0.25) is 11.1 Å². The highest BCUT2D eigenvalue weighted by Crippen LogP contribution is 2.23. The van der Waals surface area contributed by atoms with Gasteiger partial charge in [0.15, 0.2) is 11.6 Å². The molecule has 0 atom stereocenters. The molecule has 13 heteroatoms. The van der Waals surface area contributed by atoms with E-state index in [4.69, 9.17) is 34.8 Å². The maximum absolute atomic E-state index is 11.5. The Hall–Kier alpha value is -4.09. The molecule has 6 rings (SSSR count). The van der Waals surface area contributed by atoms with Crippen LogP contribution in [0.15, 0.2) is 85.7 Å². The Morgan fingerprint density at radius 3 is 1.63 bits per heavy atom. The lowest BCUT2D eigenvalue weighted by Crippen LogP contribution is -2.35. The molecule has 4 aromatic heterocycles. The van der Waals surface area contributed by atoms with Crippen molar-refractivity contribution in [1.82, 2.24) is 40.1 Å². The first-order valence-electron chi connectivity index (χ1n) is 14.1. The predicted molar refractivity (Wildman–Crippen MR) is 184 cm³/mol. The van der Waals surface area contributed by atoms with Gasteiger partial charge < -0.3 is 10.2 Å².